The van der Waals surface area contributed by atoms with Crippen LogP contribution >= 0.6 is 11.3 Å². The van der Waals surface area contributed by atoms with Crippen LogP contribution in [0.5, 0.6) is 5.75 Å². The molecule has 2 saturated heterocycles. The van der Waals surface area contributed by atoms with Crippen molar-refractivity contribution in [1.82, 2.24) is 18.8 Å². The minimum absolute atomic E-state index is 0.00253. The Bertz CT molecular complexity index is 2280. The predicted molar refractivity (Wildman–Crippen MR) is 180 cm³/mol. The number of aryl methyl sites for hydroxylation is 1. The number of fused-ring (bicyclic) bond motifs is 3. The lowest BCUT2D eigenvalue weighted by atomic mass is 10.0. The molecular weight excluding hydrogens is 730 g/mol. The zero-order valence-corrected chi connectivity index (χ0v) is 29.7. The van der Waals surface area contributed by atoms with Crippen LogP contribution in [0.4, 0.5) is 13.2 Å². The average molecular weight is 765 g/mol. The second-order valence-corrected chi connectivity index (χ2v) is 17.5. The van der Waals surface area contributed by atoms with E-state index < -0.39 is 68.6 Å². The number of hydrogen-bond acceptors (Lipinski definition) is 11. The number of carbonyl (C=O) groups is 1. The van der Waals surface area contributed by atoms with Crippen molar-refractivity contribution in [3.05, 3.63) is 68.4 Å². The van der Waals surface area contributed by atoms with Crippen LogP contribution in [0.25, 0.3) is 21.0 Å². The minimum Gasteiger partial charge on any atom is -0.444 e. The van der Waals surface area contributed by atoms with Gasteiger partial charge >= 0.3 is 12.3 Å². The fourth-order valence-corrected chi connectivity index (χ4v) is 9.95. The Kier molecular flexibility index (Phi) is 8.46. The zero-order valence-electron chi connectivity index (χ0n) is 28.1. The number of aromatic nitrogens is 3. The molecular formula is C34H35F3N4O9S2. The average Bonchev–Trinajstić information content (AvgIpc) is 3.89. The van der Waals surface area contributed by atoms with Crippen LogP contribution in [0.1, 0.15) is 75.5 Å². The van der Waals surface area contributed by atoms with Crippen LogP contribution in [0, 0.1) is 12.7 Å². The minimum atomic E-state index is -4.13. The number of alkyl halides is 2. The molecule has 2 aliphatic carbocycles. The summed E-state index contributed by atoms with van der Waals surface area (Å²) in [5.41, 5.74) is -3.32. The highest BCUT2D eigenvalue weighted by Gasteiger charge is 2.58. The van der Waals surface area contributed by atoms with E-state index in [1.807, 2.05) is 0 Å². The van der Waals surface area contributed by atoms with Crippen LogP contribution in [0.15, 0.2) is 44.7 Å². The highest BCUT2D eigenvalue weighted by Crippen LogP contribution is 2.46. The van der Waals surface area contributed by atoms with Crippen molar-refractivity contribution in [2.45, 2.75) is 113 Å². The summed E-state index contributed by atoms with van der Waals surface area (Å²) in [4.78, 5) is 47.7. The Morgan fingerprint density at radius 1 is 1.15 bits per heavy atom. The van der Waals surface area contributed by atoms with Gasteiger partial charge in [-0.2, -0.15) is 8.78 Å². The van der Waals surface area contributed by atoms with E-state index in [2.05, 4.69) is 9.71 Å². The third-order valence-electron chi connectivity index (χ3n) is 10.7. The van der Waals surface area contributed by atoms with Crippen molar-refractivity contribution in [3.63, 3.8) is 0 Å². The van der Waals surface area contributed by atoms with Crippen molar-refractivity contribution < 1.29 is 45.0 Å². The van der Waals surface area contributed by atoms with Gasteiger partial charge in [-0.3, -0.25) is 18.9 Å². The van der Waals surface area contributed by atoms with Gasteiger partial charge < -0.3 is 18.6 Å². The monoisotopic (exact) mass is 764 g/mol. The SMILES string of the molecule is Cc1c(-c2ncco2)sc2c1c(=O)n(C1(C(=O)NS(=O)(=O)C3(C)CC3)CC1)c(=O)n2C[C@H](OC1C[C@H]2CC[C@@H](C1)O2)c1cc(F)ccc1OC(F)F. The van der Waals surface area contributed by atoms with E-state index in [0.29, 0.717) is 36.1 Å². The zero-order chi connectivity index (χ0) is 36.7. The lowest BCUT2D eigenvalue weighted by molar-refractivity contribution is -0.124. The molecule has 2 saturated carbocycles. The topological polar surface area (TPSA) is 161 Å². The molecule has 1 N–H and O–H groups in total. The van der Waals surface area contributed by atoms with Gasteiger partial charge in [0.1, 0.15) is 34.3 Å². The lowest BCUT2D eigenvalue weighted by Crippen LogP contribution is -2.53. The maximum atomic E-state index is 14.9. The first-order valence-corrected chi connectivity index (χ1v) is 19.3. The summed E-state index contributed by atoms with van der Waals surface area (Å²) in [5.74, 6) is -1.98. The number of oxazole rings is 1. The summed E-state index contributed by atoms with van der Waals surface area (Å²) >= 11 is 1.01. The quantitative estimate of drug-likeness (QED) is 0.211. The summed E-state index contributed by atoms with van der Waals surface area (Å²) in [7, 11) is -4.13. The molecule has 52 heavy (non-hydrogen) atoms. The van der Waals surface area contributed by atoms with Crippen molar-refractivity contribution in [2.75, 3.05) is 0 Å². The Labute approximate surface area is 298 Å². The summed E-state index contributed by atoms with van der Waals surface area (Å²) < 4.78 is 94.3. The highest BCUT2D eigenvalue weighted by atomic mass is 32.2. The van der Waals surface area contributed by atoms with E-state index >= 15 is 0 Å². The number of halogens is 3. The van der Waals surface area contributed by atoms with E-state index in [1.165, 1.54) is 24.0 Å². The number of rotatable bonds is 12. The van der Waals surface area contributed by atoms with Crippen molar-refractivity contribution in [3.8, 4) is 16.5 Å². The molecule has 1 unspecified atom stereocenters. The smallest absolute Gasteiger partial charge is 0.387 e. The first kappa shape index (κ1) is 35.1. The number of nitrogens with zero attached hydrogens (tertiary/aromatic N) is 3. The van der Waals surface area contributed by atoms with Gasteiger partial charge in [0, 0.05) is 5.56 Å². The Hall–Kier alpha value is -4.00. The predicted octanol–water partition coefficient (Wildman–Crippen LogP) is 4.88. The van der Waals surface area contributed by atoms with E-state index in [1.54, 1.807) is 6.92 Å². The second-order valence-electron chi connectivity index (χ2n) is 14.3. The summed E-state index contributed by atoms with van der Waals surface area (Å²) in [6, 6.07) is 3.03. The lowest BCUT2D eigenvalue weighted by Gasteiger charge is -2.32. The molecule has 4 aromatic rings. The standard InChI is InChI=1S/C34H35F3N4O9S2/c1-17-25-28(42)41(34(9-10-34)30(43)39-52(45,46)33(2)7-8-33)32(44)40(29(25)51-26(17)27-38-11-12-47-27)16-24(49-21-14-19-4-5-20(15-21)48-19)22-13-18(35)3-6-23(22)50-31(36)37/h3,6,11-13,19-21,24,31H,4-5,7-10,14-16H2,1-2H3,(H,39,43)/t19-,20+,21?,24-/m0/s1. The first-order chi connectivity index (χ1) is 24.7. The number of thiophene rings is 1. The fourth-order valence-electron chi connectivity index (χ4n) is 7.39. The largest absolute Gasteiger partial charge is 0.444 e. The molecule has 1 aromatic carbocycles. The number of amides is 1. The summed E-state index contributed by atoms with van der Waals surface area (Å²) in [5, 5.41) is 0.0417. The third kappa shape index (κ3) is 5.96. The van der Waals surface area contributed by atoms with Gasteiger partial charge in [-0.15, -0.1) is 11.3 Å². The molecule has 13 nitrogen and oxygen atoms in total. The molecule has 3 aromatic heterocycles. The van der Waals surface area contributed by atoms with E-state index in [-0.39, 0.29) is 52.5 Å². The number of hydrogen-bond donors (Lipinski definition) is 1. The van der Waals surface area contributed by atoms with Gasteiger partial charge in [-0.05, 0) is 89.0 Å². The van der Waals surface area contributed by atoms with Gasteiger partial charge in [0.2, 0.25) is 15.9 Å². The normalized spacial score (nSPS) is 23.5. The third-order valence-corrected chi connectivity index (χ3v) is 14.2. The highest BCUT2D eigenvalue weighted by molar-refractivity contribution is 7.91. The van der Waals surface area contributed by atoms with Gasteiger partial charge in [0.05, 0.1) is 46.1 Å². The molecule has 0 radical (unpaired) electrons. The van der Waals surface area contributed by atoms with Gasteiger partial charge in [0.15, 0.2) is 0 Å². The van der Waals surface area contributed by atoms with E-state index in [4.69, 9.17) is 18.6 Å². The fraction of sp³-hybridized carbons (Fsp3) is 0.529. The summed E-state index contributed by atoms with van der Waals surface area (Å²) in [6.45, 7) is -0.547. The number of nitrogens with one attached hydrogen (secondary N) is 1. The molecule has 2 bridgehead atoms. The van der Waals surface area contributed by atoms with Crippen molar-refractivity contribution in [1.29, 1.82) is 0 Å². The summed E-state index contributed by atoms with van der Waals surface area (Å²) in [6.07, 6.45) is 4.14. The molecule has 8 rings (SSSR count). The molecule has 0 spiro atoms. The van der Waals surface area contributed by atoms with Crippen molar-refractivity contribution >= 4 is 37.5 Å². The Morgan fingerprint density at radius 3 is 2.48 bits per heavy atom. The molecule has 278 valence electrons. The maximum absolute atomic E-state index is 14.9. The number of carbonyl (C=O) groups excluding carboxylic acids is 1. The van der Waals surface area contributed by atoms with Gasteiger partial charge in [0.25, 0.3) is 11.5 Å². The van der Waals surface area contributed by atoms with Crippen LogP contribution in [-0.2, 0) is 36.4 Å². The van der Waals surface area contributed by atoms with Crippen LogP contribution < -0.4 is 20.7 Å². The van der Waals surface area contributed by atoms with Crippen molar-refractivity contribution in [2.24, 2.45) is 0 Å². The second kappa shape index (κ2) is 12.6. The molecule has 4 aliphatic rings. The van der Waals surface area contributed by atoms with E-state index in [0.717, 1.165) is 46.9 Å². The number of benzene rings is 1. The maximum Gasteiger partial charge on any atom is 0.387 e. The first-order valence-electron chi connectivity index (χ1n) is 17.0. The Balaban J connectivity index is 1.30. The molecule has 2 aliphatic heterocycles. The van der Waals surface area contributed by atoms with Crippen LogP contribution in [0.2, 0.25) is 0 Å². The van der Waals surface area contributed by atoms with E-state index in [9.17, 15) is 36.0 Å². The molecule has 4 fully saturated rings. The molecule has 5 heterocycles. The van der Waals surface area contributed by atoms with Crippen LogP contribution in [0.3, 0.4) is 0 Å². The van der Waals surface area contributed by atoms with Gasteiger partial charge in [-0.25, -0.2) is 27.2 Å². The van der Waals surface area contributed by atoms with Gasteiger partial charge in [-0.1, -0.05) is 0 Å². The number of ether oxygens (including phenoxy) is 3. The Morgan fingerprint density at radius 2 is 1.87 bits per heavy atom. The molecule has 1 amide bonds. The number of sulfonamides is 1. The van der Waals surface area contributed by atoms with Crippen LogP contribution in [-0.4, -0.2) is 58.1 Å². The molecule has 18 heteroatoms. The molecule has 4 atom stereocenters.